The average molecular weight is 447 g/mol. The molecule has 0 saturated carbocycles. The Balaban J connectivity index is 0.00000320. The number of nitrogens with zero attached hydrogens (tertiary/aromatic N) is 4. The van der Waals surface area contributed by atoms with Gasteiger partial charge in [0.1, 0.15) is 0 Å². The summed E-state index contributed by atoms with van der Waals surface area (Å²) in [5, 5.41) is 11.6. The number of nitro benzene ring substituents is 1. The molecule has 0 aliphatic heterocycles. The number of aromatic nitrogens is 1. The number of hydrogen-bond donors (Lipinski definition) is 0. The molecule has 0 aliphatic rings. The Labute approximate surface area is 185 Å². The molecular weight excluding hydrogens is 424 g/mol. The summed E-state index contributed by atoms with van der Waals surface area (Å²) in [4.78, 5) is 31.8. The molecule has 0 N–H and O–H groups in total. The van der Waals surface area contributed by atoms with Crippen molar-refractivity contribution in [3.63, 3.8) is 0 Å². The molecule has 1 amide bonds. The van der Waals surface area contributed by atoms with E-state index in [4.69, 9.17) is 0 Å². The third kappa shape index (κ3) is 5.63. The Kier molecular flexibility index (Phi) is 8.05. The number of carbonyl (C=O) groups is 1. The molecule has 3 aromatic rings. The van der Waals surface area contributed by atoms with Crippen LogP contribution in [0.15, 0.2) is 48.5 Å². The van der Waals surface area contributed by atoms with E-state index in [2.05, 4.69) is 4.98 Å². The highest BCUT2D eigenvalue weighted by Gasteiger charge is 2.18. The maximum absolute atomic E-state index is 13.0. The summed E-state index contributed by atoms with van der Waals surface area (Å²) in [7, 11) is 3.90. The van der Waals surface area contributed by atoms with Crippen LogP contribution in [0.25, 0.3) is 16.3 Å². The largest absolute Gasteiger partial charge is 0.308 e. The smallest absolute Gasteiger partial charge is 0.270 e. The standard InChI is InChI=1S/C21H22N4O3S.ClH/c1-15-6-4-9-18-20(15)22-21(29-18)24(13-12-23(2)3)19(26)11-10-16-7-5-8-17(14-16)25(27)28;/h4-11,14H,12-13H2,1-3H3;1H. The molecule has 3 rings (SSSR count). The van der Waals surface area contributed by atoms with Crippen molar-refractivity contribution in [1.29, 1.82) is 0 Å². The van der Waals surface area contributed by atoms with Gasteiger partial charge in [-0.2, -0.15) is 0 Å². The summed E-state index contributed by atoms with van der Waals surface area (Å²) in [6, 6.07) is 12.2. The molecule has 0 radical (unpaired) electrons. The molecule has 7 nitrogen and oxygen atoms in total. The number of likely N-dealkylation sites (N-methyl/N-ethyl adjacent to an activating group) is 1. The van der Waals surface area contributed by atoms with Gasteiger partial charge in [-0.3, -0.25) is 19.8 Å². The van der Waals surface area contributed by atoms with Crippen molar-refractivity contribution in [1.82, 2.24) is 9.88 Å². The molecule has 0 fully saturated rings. The van der Waals surface area contributed by atoms with Crippen molar-refractivity contribution in [2.24, 2.45) is 0 Å². The first-order valence-corrected chi connectivity index (χ1v) is 9.92. The number of rotatable bonds is 7. The lowest BCUT2D eigenvalue weighted by molar-refractivity contribution is -0.384. The van der Waals surface area contributed by atoms with E-state index in [0.717, 1.165) is 15.8 Å². The summed E-state index contributed by atoms with van der Waals surface area (Å²) >= 11 is 1.48. The van der Waals surface area contributed by atoms with E-state index in [1.54, 1.807) is 23.1 Å². The van der Waals surface area contributed by atoms with Gasteiger partial charge in [-0.15, -0.1) is 12.4 Å². The molecule has 0 spiro atoms. The molecule has 0 aliphatic carbocycles. The van der Waals surface area contributed by atoms with Gasteiger partial charge in [-0.1, -0.05) is 35.6 Å². The fraction of sp³-hybridized carbons (Fsp3) is 0.238. The summed E-state index contributed by atoms with van der Waals surface area (Å²) in [5.74, 6) is -0.213. The maximum atomic E-state index is 13.0. The fourth-order valence-electron chi connectivity index (χ4n) is 2.79. The first kappa shape index (κ1) is 23.5. The molecule has 30 heavy (non-hydrogen) atoms. The van der Waals surface area contributed by atoms with E-state index >= 15 is 0 Å². The van der Waals surface area contributed by atoms with Crippen molar-refractivity contribution in [3.05, 3.63) is 69.8 Å². The van der Waals surface area contributed by atoms with E-state index in [1.165, 1.54) is 29.5 Å². The third-order valence-electron chi connectivity index (χ3n) is 4.38. The van der Waals surface area contributed by atoms with Gasteiger partial charge >= 0.3 is 0 Å². The monoisotopic (exact) mass is 446 g/mol. The maximum Gasteiger partial charge on any atom is 0.270 e. The van der Waals surface area contributed by atoms with Crippen LogP contribution in [0.4, 0.5) is 10.8 Å². The number of carbonyl (C=O) groups excluding carboxylic acids is 1. The molecular formula is C21H23ClN4O3S. The molecule has 0 bridgehead atoms. The lowest BCUT2D eigenvalue weighted by Crippen LogP contribution is -2.35. The van der Waals surface area contributed by atoms with Gasteiger partial charge in [0, 0.05) is 31.3 Å². The molecule has 1 heterocycles. The zero-order chi connectivity index (χ0) is 21.0. The summed E-state index contributed by atoms with van der Waals surface area (Å²) in [6.07, 6.45) is 3.03. The van der Waals surface area contributed by atoms with Gasteiger partial charge < -0.3 is 4.90 Å². The van der Waals surface area contributed by atoms with Crippen molar-refractivity contribution in [3.8, 4) is 0 Å². The van der Waals surface area contributed by atoms with Crippen molar-refractivity contribution >= 4 is 56.8 Å². The van der Waals surface area contributed by atoms with E-state index in [-0.39, 0.29) is 24.0 Å². The quantitative estimate of drug-likeness (QED) is 0.302. The first-order valence-electron chi connectivity index (χ1n) is 9.10. The van der Waals surface area contributed by atoms with Gasteiger partial charge in [0.15, 0.2) is 5.13 Å². The Morgan fingerprint density at radius 2 is 1.93 bits per heavy atom. The second kappa shape index (κ2) is 10.3. The molecule has 158 valence electrons. The van der Waals surface area contributed by atoms with Crippen LogP contribution in [0.3, 0.4) is 0 Å². The number of hydrogen-bond acceptors (Lipinski definition) is 6. The third-order valence-corrected chi connectivity index (χ3v) is 5.42. The van der Waals surface area contributed by atoms with Gasteiger partial charge in [0.2, 0.25) is 0 Å². The van der Waals surface area contributed by atoms with Gasteiger partial charge in [0.25, 0.3) is 11.6 Å². The van der Waals surface area contributed by atoms with Crippen LogP contribution in [0.2, 0.25) is 0 Å². The summed E-state index contributed by atoms with van der Waals surface area (Å²) in [5.41, 5.74) is 2.56. The second-order valence-electron chi connectivity index (χ2n) is 6.90. The first-order chi connectivity index (χ1) is 13.8. The number of anilines is 1. The highest BCUT2D eigenvalue weighted by Crippen LogP contribution is 2.30. The van der Waals surface area contributed by atoms with E-state index in [0.29, 0.717) is 23.8 Å². The van der Waals surface area contributed by atoms with Gasteiger partial charge in [0.05, 0.1) is 15.1 Å². The minimum atomic E-state index is -0.452. The van der Waals surface area contributed by atoms with Crippen LogP contribution in [0.1, 0.15) is 11.1 Å². The number of aryl methyl sites for hydroxylation is 1. The number of amides is 1. The zero-order valence-electron chi connectivity index (χ0n) is 16.9. The number of para-hydroxylation sites is 1. The fourth-order valence-corrected chi connectivity index (χ4v) is 3.86. The normalized spacial score (nSPS) is 11.1. The molecule has 9 heteroatoms. The Morgan fingerprint density at radius 1 is 1.20 bits per heavy atom. The van der Waals surface area contributed by atoms with Crippen LogP contribution >= 0.6 is 23.7 Å². The molecule has 0 unspecified atom stereocenters. The average Bonchev–Trinajstić information content (AvgIpc) is 3.12. The highest BCUT2D eigenvalue weighted by atomic mass is 35.5. The minimum absolute atomic E-state index is 0. The predicted octanol–water partition coefficient (Wildman–Crippen LogP) is 4.54. The Hall–Kier alpha value is -2.81. The number of fused-ring (bicyclic) bond motifs is 1. The zero-order valence-corrected chi connectivity index (χ0v) is 18.6. The Morgan fingerprint density at radius 3 is 2.60 bits per heavy atom. The SMILES string of the molecule is Cc1cccc2sc(N(CCN(C)C)C(=O)C=Cc3cccc([N+](=O)[O-])c3)nc12.Cl. The van der Waals surface area contributed by atoms with E-state index in [1.807, 2.05) is 44.1 Å². The number of nitro groups is 1. The van der Waals surface area contributed by atoms with Crippen LogP contribution in [0.5, 0.6) is 0 Å². The molecule has 2 aromatic carbocycles. The van der Waals surface area contributed by atoms with Gasteiger partial charge in [-0.25, -0.2) is 4.98 Å². The van der Waals surface area contributed by atoms with Crippen LogP contribution in [0, 0.1) is 17.0 Å². The second-order valence-corrected chi connectivity index (χ2v) is 7.91. The predicted molar refractivity (Wildman–Crippen MR) is 125 cm³/mol. The lowest BCUT2D eigenvalue weighted by atomic mass is 10.2. The Bertz CT molecular complexity index is 1080. The number of halogens is 1. The number of thiazole rings is 1. The van der Waals surface area contributed by atoms with Crippen LogP contribution in [-0.4, -0.2) is 47.9 Å². The van der Waals surface area contributed by atoms with Crippen LogP contribution < -0.4 is 4.90 Å². The number of benzene rings is 2. The molecule has 1 aromatic heterocycles. The molecule has 0 saturated heterocycles. The van der Waals surface area contributed by atoms with Crippen LogP contribution in [-0.2, 0) is 4.79 Å². The highest BCUT2D eigenvalue weighted by molar-refractivity contribution is 7.22. The summed E-state index contributed by atoms with van der Waals surface area (Å²) < 4.78 is 1.03. The number of non-ortho nitro benzene ring substituents is 1. The van der Waals surface area contributed by atoms with Crippen molar-refractivity contribution in [2.45, 2.75) is 6.92 Å². The van der Waals surface area contributed by atoms with Gasteiger partial charge in [-0.05, 0) is 44.3 Å². The minimum Gasteiger partial charge on any atom is -0.308 e. The molecule has 0 atom stereocenters. The summed E-state index contributed by atoms with van der Waals surface area (Å²) in [6.45, 7) is 3.18. The van der Waals surface area contributed by atoms with Crippen molar-refractivity contribution < 1.29 is 9.72 Å². The van der Waals surface area contributed by atoms with E-state index < -0.39 is 4.92 Å². The van der Waals surface area contributed by atoms with E-state index in [9.17, 15) is 14.9 Å². The lowest BCUT2D eigenvalue weighted by Gasteiger charge is -2.20. The topological polar surface area (TPSA) is 79.6 Å². The van der Waals surface area contributed by atoms with Crippen molar-refractivity contribution in [2.75, 3.05) is 32.1 Å².